The van der Waals surface area contributed by atoms with Crippen molar-refractivity contribution >= 4 is 22.9 Å². The Morgan fingerprint density at radius 2 is 1.87 bits per heavy atom. The number of nitrogens with zero attached hydrogens (tertiary/aromatic N) is 4. The van der Waals surface area contributed by atoms with Crippen LogP contribution in [-0.2, 0) is 6.54 Å². The predicted octanol–water partition coefficient (Wildman–Crippen LogP) is 2.37. The van der Waals surface area contributed by atoms with Gasteiger partial charge >= 0.3 is 11.8 Å². The lowest BCUT2D eigenvalue weighted by Crippen LogP contribution is -2.47. The van der Waals surface area contributed by atoms with Crippen molar-refractivity contribution in [1.29, 1.82) is 0 Å². The molecule has 1 fully saturated rings. The Bertz CT molecular complexity index is 1080. The standard InChI is InChI=1S/C22H26N4O4/c1-23-9-11-24(12-10-23)13-14-25(21(27)28)18-6-4-5-17(15-18)16-26-19-7-2-3-8-20(19)30-22(26)29/h2-8,15H,9-14,16H2,1H3,(H,27,28). The van der Waals surface area contributed by atoms with Gasteiger partial charge in [-0.25, -0.2) is 9.59 Å². The van der Waals surface area contributed by atoms with Gasteiger partial charge in [-0.3, -0.25) is 14.4 Å². The molecule has 4 rings (SSSR count). The van der Waals surface area contributed by atoms with Crippen molar-refractivity contribution in [2.75, 3.05) is 51.2 Å². The topological polar surface area (TPSA) is 82.2 Å². The number of aromatic nitrogens is 1. The van der Waals surface area contributed by atoms with Crippen LogP contribution in [0, 0.1) is 0 Å². The van der Waals surface area contributed by atoms with E-state index >= 15 is 0 Å². The molecule has 1 saturated heterocycles. The number of oxazole rings is 1. The number of carbonyl (C=O) groups is 1. The van der Waals surface area contributed by atoms with Gasteiger partial charge in [-0.2, -0.15) is 0 Å². The van der Waals surface area contributed by atoms with Gasteiger partial charge in [0.05, 0.1) is 12.1 Å². The summed E-state index contributed by atoms with van der Waals surface area (Å²) in [5, 5.41) is 9.76. The number of amides is 1. The number of piperazine rings is 1. The highest BCUT2D eigenvalue weighted by Crippen LogP contribution is 2.19. The average molecular weight is 410 g/mol. The third kappa shape index (κ3) is 4.39. The SMILES string of the molecule is CN1CCN(CCN(C(=O)O)c2cccc(Cn3c(=O)oc4ccccc43)c2)CC1. The van der Waals surface area contributed by atoms with Crippen LogP contribution in [0.3, 0.4) is 0 Å². The Hall–Kier alpha value is -3.10. The van der Waals surface area contributed by atoms with Crippen LogP contribution in [0.4, 0.5) is 10.5 Å². The second-order valence-electron chi connectivity index (χ2n) is 7.67. The minimum atomic E-state index is -0.979. The summed E-state index contributed by atoms with van der Waals surface area (Å²) >= 11 is 0. The number of hydrogen-bond donors (Lipinski definition) is 1. The number of para-hydroxylation sites is 2. The quantitative estimate of drug-likeness (QED) is 0.672. The van der Waals surface area contributed by atoms with E-state index in [1.54, 1.807) is 16.7 Å². The van der Waals surface area contributed by atoms with Gasteiger partial charge in [0.1, 0.15) is 0 Å². The van der Waals surface area contributed by atoms with Crippen LogP contribution in [-0.4, -0.2) is 71.9 Å². The molecule has 1 aromatic heterocycles. The third-order valence-electron chi connectivity index (χ3n) is 5.60. The third-order valence-corrected chi connectivity index (χ3v) is 5.60. The Morgan fingerprint density at radius 3 is 2.63 bits per heavy atom. The van der Waals surface area contributed by atoms with Gasteiger partial charge in [0.2, 0.25) is 0 Å². The minimum Gasteiger partial charge on any atom is -0.465 e. The fraction of sp³-hybridized carbons (Fsp3) is 0.364. The van der Waals surface area contributed by atoms with Crippen molar-refractivity contribution in [2.45, 2.75) is 6.54 Å². The van der Waals surface area contributed by atoms with Crippen molar-refractivity contribution in [3.8, 4) is 0 Å². The fourth-order valence-corrected chi connectivity index (χ4v) is 3.82. The number of fused-ring (bicyclic) bond motifs is 1. The Balaban J connectivity index is 1.51. The molecule has 1 aliphatic heterocycles. The Morgan fingerprint density at radius 1 is 1.10 bits per heavy atom. The first-order valence-electron chi connectivity index (χ1n) is 10.1. The van der Waals surface area contributed by atoms with Crippen molar-refractivity contribution in [3.63, 3.8) is 0 Å². The van der Waals surface area contributed by atoms with Crippen molar-refractivity contribution < 1.29 is 14.3 Å². The number of rotatable bonds is 6. The van der Waals surface area contributed by atoms with E-state index < -0.39 is 11.8 Å². The van der Waals surface area contributed by atoms with Crippen molar-refractivity contribution in [2.24, 2.45) is 0 Å². The van der Waals surface area contributed by atoms with E-state index in [0.29, 0.717) is 30.9 Å². The van der Waals surface area contributed by atoms with Gasteiger partial charge in [-0.05, 0) is 36.9 Å². The summed E-state index contributed by atoms with van der Waals surface area (Å²) in [5.74, 6) is -0.424. The molecule has 0 radical (unpaired) electrons. The van der Waals surface area contributed by atoms with E-state index in [1.807, 2.05) is 36.4 Å². The highest BCUT2D eigenvalue weighted by molar-refractivity contribution is 5.86. The Labute approximate surface area is 174 Å². The van der Waals surface area contributed by atoms with E-state index in [2.05, 4.69) is 16.8 Å². The van der Waals surface area contributed by atoms with Crippen LogP contribution < -0.4 is 10.7 Å². The van der Waals surface area contributed by atoms with E-state index in [4.69, 9.17) is 4.42 Å². The van der Waals surface area contributed by atoms with E-state index in [1.165, 1.54) is 4.90 Å². The summed E-state index contributed by atoms with van der Waals surface area (Å²) in [6.45, 7) is 5.29. The summed E-state index contributed by atoms with van der Waals surface area (Å²) in [6, 6.07) is 14.6. The molecule has 0 saturated carbocycles. The zero-order valence-corrected chi connectivity index (χ0v) is 17.0. The first kappa shape index (κ1) is 20.2. The molecule has 8 nitrogen and oxygen atoms in total. The minimum absolute atomic E-state index is 0.315. The summed E-state index contributed by atoms with van der Waals surface area (Å²) < 4.78 is 6.85. The molecule has 1 aliphatic rings. The lowest BCUT2D eigenvalue weighted by Gasteiger charge is -2.33. The maximum Gasteiger partial charge on any atom is 0.420 e. The molecular formula is C22H26N4O4. The van der Waals surface area contributed by atoms with Crippen LogP contribution in [0.15, 0.2) is 57.7 Å². The second kappa shape index (κ2) is 8.73. The van der Waals surface area contributed by atoms with Crippen LogP contribution in [0.2, 0.25) is 0 Å². The zero-order chi connectivity index (χ0) is 21.1. The predicted molar refractivity (Wildman–Crippen MR) is 115 cm³/mol. The average Bonchev–Trinajstić information content (AvgIpc) is 3.05. The van der Waals surface area contributed by atoms with Gasteiger partial charge in [-0.15, -0.1) is 0 Å². The smallest absolute Gasteiger partial charge is 0.420 e. The van der Waals surface area contributed by atoms with Gasteiger partial charge in [0.25, 0.3) is 0 Å². The fourth-order valence-electron chi connectivity index (χ4n) is 3.82. The molecule has 0 unspecified atom stereocenters. The molecule has 158 valence electrons. The summed E-state index contributed by atoms with van der Waals surface area (Å²) in [4.78, 5) is 30.1. The molecule has 0 bridgehead atoms. The second-order valence-corrected chi connectivity index (χ2v) is 7.67. The maximum absolute atomic E-state index is 12.3. The number of hydrogen-bond acceptors (Lipinski definition) is 5. The van der Waals surface area contributed by atoms with Gasteiger partial charge in [0.15, 0.2) is 5.58 Å². The number of likely N-dealkylation sites (N-methyl/N-ethyl adjacent to an activating group) is 1. The largest absolute Gasteiger partial charge is 0.465 e. The molecule has 8 heteroatoms. The van der Waals surface area contributed by atoms with E-state index in [-0.39, 0.29) is 0 Å². The lowest BCUT2D eigenvalue weighted by atomic mass is 10.1. The monoisotopic (exact) mass is 410 g/mol. The highest BCUT2D eigenvalue weighted by Gasteiger charge is 2.19. The summed E-state index contributed by atoms with van der Waals surface area (Å²) in [5.41, 5.74) is 2.71. The van der Waals surface area contributed by atoms with Crippen molar-refractivity contribution in [1.82, 2.24) is 14.4 Å². The van der Waals surface area contributed by atoms with Crippen LogP contribution >= 0.6 is 0 Å². The molecule has 3 aromatic rings. The molecule has 0 spiro atoms. The lowest BCUT2D eigenvalue weighted by molar-refractivity contribution is 0.155. The number of carboxylic acid groups (broad SMARTS) is 1. The first-order valence-corrected chi connectivity index (χ1v) is 10.1. The molecule has 1 N–H and O–H groups in total. The van der Waals surface area contributed by atoms with Crippen molar-refractivity contribution in [3.05, 3.63) is 64.6 Å². The van der Waals surface area contributed by atoms with Crippen LogP contribution in [0.1, 0.15) is 5.56 Å². The molecule has 0 atom stereocenters. The maximum atomic E-state index is 12.3. The Kier molecular flexibility index (Phi) is 5.87. The zero-order valence-electron chi connectivity index (χ0n) is 17.0. The van der Waals surface area contributed by atoms with Gasteiger partial charge in [0, 0.05) is 45.0 Å². The molecule has 30 heavy (non-hydrogen) atoms. The molecule has 1 amide bonds. The van der Waals surface area contributed by atoms with Gasteiger partial charge in [-0.1, -0.05) is 24.3 Å². The molecule has 0 aliphatic carbocycles. The molecule has 2 aromatic carbocycles. The van der Waals surface area contributed by atoms with E-state index in [9.17, 15) is 14.7 Å². The first-order chi connectivity index (χ1) is 14.5. The summed E-state index contributed by atoms with van der Waals surface area (Å²) in [6.07, 6.45) is -0.979. The van der Waals surface area contributed by atoms with Crippen LogP contribution in [0.5, 0.6) is 0 Å². The molecular weight excluding hydrogens is 384 g/mol. The molecule has 2 heterocycles. The van der Waals surface area contributed by atoms with Gasteiger partial charge < -0.3 is 14.4 Å². The normalized spacial score (nSPS) is 15.5. The number of anilines is 1. The number of benzene rings is 2. The van der Waals surface area contributed by atoms with Crippen LogP contribution in [0.25, 0.3) is 11.1 Å². The highest BCUT2D eigenvalue weighted by atomic mass is 16.4. The summed E-state index contributed by atoms with van der Waals surface area (Å²) in [7, 11) is 2.10. The van der Waals surface area contributed by atoms with E-state index in [0.717, 1.165) is 37.3 Å².